The Hall–Kier alpha value is -2.14. The van der Waals surface area contributed by atoms with Gasteiger partial charge in [0.25, 0.3) is 5.91 Å². The van der Waals surface area contributed by atoms with Gasteiger partial charge in [0.1, 0.15) is 6.54 Å². The molecule has 1 aromatic carbocycles. The molecule has 0 saturated carbocycles. The summed E-state index contributed by atoms with van der Waals surface area (Å²) in [6, 6.07) is 10.7. The largest absolute Gasteiger partial charge is 0.480 e. The molecule has 4 nitrogen and oxygen atoms in total. The summed E-state index contributed by atoms with van der Waals surface area (Å²) in [4.78, 5) is 26.7. The Morgan fingerprint density at radius 3 is 2.43 bits per heavy atom. The molecular formula is C16H17NO3S. The Morgan fingerprint density at radius 1 is 1.24 bits per heavy atom. The van der Waals surface area contributed by atoms with Crippen LogP contribution in [0.3, 0.4) is 0 Å². The highest BCUT2D eigenvalue weighted by Gasteiger charge is 2.22. The minimum absolute atomic E-state index is 0.267. The molecule has 0 aliphatic heterocycles. The van der Waals surface area contributed by atoms with E-state index in [1.807, 2.05) is 26.0 Å². The van der Waals surface area contributed by atoms with Crippen molar-refractivity contribution in [3.05, 3.63) is 51.7 Å². The Labute approximate surface area is 127 Å². The van der Waals surface area contributed by atoms with Gasteiger partial charge in [-0.15, -0.1) is 11.3 Å². The van der Waals surface area contributed by atoms with Gasteiger partial charge in [-0.05, 0) is 37.1 Å². The maximum absolute atomic E-state index is 12.6. The highest BCUT2D eigenvalue weighted by atomic mass is 32.1. The quantitative estimate of drug-likeness (QED) is 0.921. The van der Waals surface area contributed by atoms with Crippen LogP contribution in [0.25, 0.3) is 0 Å². The second kappa shape index (κ2) is 6.54. The highest BCUT2D eigenvalue weighted by Crippen LogP contribution is 2.25. The van der Waals surface area contributed by atoms with Crippen LogP contribution < -0.4 is 4.90 Å². The molecule has 1 heterocycles. The number of aryl methyl sites for hydroxylation is 2. The van der Waals surface area contributed by atoms with Crippen LogP contribution in [0.2, 0.25) is 0 Å². The fourth-order valence-corrected chi connectivity index (χ4v) is 3.20. The standard InChI is InChI=1S/C16H17NO3S/c1-3-13-11(2)9-14(21-13)16(20)17(10-15(18)19)12-7-5-4-6-8-12/h4-9H,3,10H2,1-2H3,(H,18,19). The maximum atomic E-state index is 12.6. The fraction of sp³-hybridized carbons (Fsp3) is 0.250. The third kappa shape index (κ3) is 3.49. The Balaban J connectivity index is 2.36. The molecule has 110 valence electrons. The van der Waals surface area contributed by atoms with Gasteiger partial charge in [0.15, 0.2) is 0 Å². The number of carboxylic acids is 1. The van der Waals surface area contributed by atoms with E-state index in [-0.39, 0.29) is 12.5 Å². The summed E-state index contributed by atoms with van der Waals surface area (Å²) in [5.41, 5.74) is 1.67. The number of carbonyl (C=O) groups is 2. The second-order valence-electron chi connectivity index (χ2n) is 4.69. The number of thiophene rings is 1. The lowest BCUT2D eigenvalue weighted by Crippen LogP contribution is -2.35. The molecule has 21 heavy (non-hydrogen) atoms. The minimum Gasteiger partial charge on any atom is -0.480 e. The molecular weight excluding hydrogens is 286 g/mol. The van der Waals surface area contributed by atoms with Gasteiger partial charge in [-0.25, -0.2) is 0 Å². The third-order valence-electron chi connectivity index (χ3n) is 3.16. The number of carboxylic acid groups (broad SMARTS) is 1. The summed E-state index contributed by atoms with van der Waals surface area (Å²) < 4.78 is 0. The van der Waals surface area contributed by atoms with Gasteiger partial charge in [-0.2, -0.15) is 0 Å². The smallest absolute Gasteiger partial charge is 0.323 e. The molecule has 2 rings (SSSR count). The molecule has 0 bridgehead atoms. The summed E-state index contributed by atoms with van der Waals surface area (Å²) in [6.07, 6.45) is 0.869. The first kappa shape index (κ1) is 15.3. The lowest BCUT2D eigenvalue weighted by molar-refractivity contribution is -0.135. The average molecular weight is 303 g/mol. The van der Waals surface area contributed by atoms with E-state index >= 15 is 0 Å². The van der Waals surface area contributed by atoms with Crippen molar-refractivity contribution in [3.63, 3.8) is 0 Å². The van der Waals surface area contributed by atoms with E-state index < -0.39 is 5.97 Å². The maximum Gasteiger partial charge on any atom is 0.323 e. The number of hydrogen-bond donors (Lipinski definition) is 1. The topological polar surface area (TPSA) is 57.6 Å². The SMILES string of the molecule is CCc1sc(C(=O)N(CC(=O)O)c2ccccc2)cc1C. The summed E-state index contributed by atoms with van der Waals surface area (Å²) in [7, 11) is 0. The van der Waals surface area contributed by atoms with Gasteiger partial charge in [-0.1, -0.05) is 25.1 Å². The average Bonchev–Trinajstić information content (AvgIpc) is 2.86. The van der Waals surface area contributed by atoms with Crippen molar-refractivity contribution in [3.8, 4) is 0 Å². The highest BCUT2D eigenvalue weighted by molar-refractivity contribution is 7.14. The molecule has 0 aliphatic carbocycles. The molecule has 2 aromatic rings. The normalized spacial score (nSPS) is 10.4. The van der Waals surface area contributed by atoms with Crippen LogP contribution in [0.5, 0.6) is 0 Å². The van der Waals surface area contributed by atoms with E-state index in [9.17, 15) is 9.59 Å². The van der Waals surface area contributed by atoms with Crippen molar-refractivity contribution >= 4 is 28.9 Å². The van der Waals surface area contributed by atoms with Gasteiger partial charge in [0.05, 0.1) is 4.88 Å². The van der Waals surface area contributed by atoms with E-state index in [1.165, 1.54) is 16.2 Å². The minimum atomic E-state index is -1.03. The zero-order chi connectivity index (χ0) is 15.4. The van der Waals surface area contributed by atoms with Crippen molar-refractivity contribution in [2.75, 3.05) is 11.4 Å². The van der Waals surface area contributed by atoms with Gasteiger partial charge >= 0.3 is 5.97 Å². The first-order valence-electron chi connectivity index (χ1n) is 6.71. The third-order valence-corrected chi connectivity index (χ3v) is 4.53. The lowest BCUT2D eigenvalue weighted by atomic mass is 10.2. The van der Waals surface area contributed by atoms with Crippen LogP contribution in [0.4, 0.5) is 5.69 Å². The zero-order valence-electron chi connectivity index (χ0n) is 12.0. The molecule has 0 fully saturated rings. The number of rotatable bonds is 5. The molecule has 5 heteroatoms. The predicted molar refractivity (Wildman–Crippen MR) is 84.2 cm³/mol. The number of benzene rings is 1. The lowest BCUT2D eigenvalue weighted by Gasteiger charge is -2.20. The molecule has 0 radical (unpaired) electrons. The summed E-state index contributed by atoms with van der Waals surface area (Å²) in [5.74, 6) is -1.30. The molecule has 1 amide bonds. The Kier molecular flexibility index (Phi) is 4.75. The zero-order valence-corrected chi connectivity index (χ0v) is 12.8. The van der Waals surface area contributed by atoms with Gasteiger partial charge in [0, 0.05) is 10.6 Å². The van der Waals surface area contributed by atoms with E-state index in [4.69, 9.17) is 5.11 Å². The molecule has 0 aliphatic rings. The Morgan fingerprint density at radius 2 is 1.90 bits per heavy atom. The first-order valence-corrected chi connectivity index (χ1v) is 7.52. The van der Waals surface area contributed by atoms with E-state index in [0.29, 0.717) is 10.6 Å². The van der Waals surface area contributed by atoms with Crippen LogP contribution in [0, 0.1) is 6.92 Å². The summed E-state index contributed by atoms with van der Waals surface area (Å²) in [5, 5.41) is 9.06. The molecule has 1 aromatic heterocycles. The van der Waals surface area contributed by atoms with Crippen molar-refractivity contribution in [2.45, 2.75) is 20.3 Å². The molecule has 0 unspecified atom stereocenters. The van der Waals surface area contributed by atoms with Gasteiger partial charge in [-0.3, -0.25) is 14.5 Å². The fourth-order valence-electron chi connectivity index (χ4n) is 2.13. The number of amides is 1. The number of hydrogen-bond acceptors (Lipinski definition) is 3. The number of para-hydroxylation sites is 1. The van der Waals surface area contributed by atoms with Crippen LogP contribution in [-0.4, -0.2) is 23.5 Å². The van der Waals surface area contributed by atoms with E-state index in [1.54, 1.807) is 24.3 Å². The predicted octanol–water partition coefficient (Wildman–Crippen LogP) is 3.35. The van der Waals surface area contributed by atoms with Gasteiger partial charge < -0.3 is 5.11 Å². The van der Waals surface area contributed by atoms with Crippen molar-refractivity contribution in [1.29, 1.82) is 0 Å². The molecule has 0 spiro atoms. The number of carbonyl (C=O) groups excluding carboxylic acids is 1. The van der Waals surface area contributed by atoms with Crippen molar-refractivity contribution in [2.24, 2.45) is 0 Å². The van der Waals surface area contributed by atoms with E-state index in [0.717, 1.165) is 16.9 Å². The number of aliphatic carboxylic acids is 1. The summed E-state index contributed by atoms with van der Waals surface area (Å²) in [6.45, 7) is 3.66. The first-order chi connectivity index (χ1) is 10.0. The van der Waals surface area contributed by atoms with E-state index in [2.05, 4.69) is 0 Å². The monoisotopic (exact) mass is 303 g/mol. The van der Waals surface area contributed by atoms with Crippen LogP contribution in [0.1, 0.15) is 27.0 Å². The molecule has 0 atom stereocenters. The number of anilines is 1. The molecule has 1 N–H and O–H groups in total. The second-order valence-corrected chi connectivity index (χ2v) is 5.83. The number of nitrogens with zero attached hydrogens (tertiary/aromatic N) is 1. The van der Waals surface area contributed by atoms with Crippen molar-refractivity contribution in [1.82, 2.24) is 0 Å². The summed E-state index contributed by atoms with van der Waals surface area (Å²) >= 11 is 1.43. The van der Waals surface area contributed by atoms with Gasteiger partial charge in [0.2, 0.25) is 0 Å². The van der Waals surface area contributed by atoms with Crippen LogP contribution >= 0.6 is 11.3 Å². The molecule has 0 saturated heterocycles. The van der Waals surface area contributed by atoms with Crippen molar-refractivity contribution < 1.29 is 14.7 Å². The van der Waals surface area contributed by atoms with Crippen LogP contribution in [-0.2, 0) is 11.2 Å². The Bertz CT molecular complexity index is 649. The van der Waals surface area contributed by atoms with Crippen LogP contribution in [0.15, 0.2) is 36.4 Å².